The van der Waals surface area contributed by atoms with Gasteiger partial charge in [0, 0.05) is 46.8 Å². The topological polar surface area (TPSA) is 51.9 Å². The normalized spacial score (nSPS) is 17.2. The molecule has 2 aromatic carbocycles. The molecule has 27 heavy (non-hydrogen) atoms. The van der Waals surface area contributed by atoms with Crippen LogP contribution in [0.2, 0.25) is 0 Å². The molecular weight excluding hydrogens is 334 g/mol. The highest BCUT2D eigenvalue weighted by Crippen LogP contribution is 2.27. The molecule has 0 bridgehead atoms. The fourth-order valence-electron chi connectivity index (χ4n) is 4.47. The summed E-state index contributed by atoms with van der Waals surface area (Å²) in [6.07, 6.45) is 7.64. The molecule has 1 aliphatic rings. The third kappa shape index (κ3) is 2.91. The summed E-state index contributed by atoms with van der Waals surface area (Å²) in [6.45, 7) is 0.869. The van der Waals surface area contributed by atoms with Crippen LogP contribution in [0.3, 0.4) is 0 Å². The molecule has 0 saturated carbocycles. The highest BCUT2D eigenvalue weighted by molar-refractivity contribution is 5.89. The zero-order valence-corrected chi connectivity index (χ0v) is 15.2. The average Bonchev–Trinajstić information content (AvgIpc) is 3.42. The van der Waals surface area contributed by atoms with Crippen molar-refractivity contribution in [1.29, 1.82) is 0 Å². The van der Waals surface area contributed by atoms with Crippen LogP contribution >= 0.6 is 0 Å². The van der Waals surface area contributed by atoms with Gasteiger partial charge in [0.2, 0.25) is 5.91 Å². The summed E-state index contributed by atoms with van der Waals surface area (Å²) >= 11 is 0. The Morgan fingerprint density at radius 2 is 1.56 bits per heavy atom. The number of aromatic amines is 2. The molecule has 0 radical (unpaired) electrons. The van der Waals surface area contributed by atoms with Crippen molar-refractivity contribution in [3.63, 3.8) is 0 Å². The Balaban J connectivity index is 1.35. The van der Waals surface area contributed by atoms with Gasteiger partial charge in [-0.25, -0.2) is 0 Å². The lowest BCUT2D eigenvalue weighted by atomic mass is 10.0. The lowest BCUT2D eigenvalue weighted by Crippen LogP contribution is -2.37. The summed E-state index contributed by atoms with van der Waals surface area (Å²) in [6, 6.07) is 16.9. The smallest absolute Gasteiger partial charge is 0.227 e. The summed E-state index contributed by atoms with van der Waals surface area (Å²) in [4.78, 5) is 21.8. The van der Waals surface area contributed by atoms with Gasteiger partial charge in [-0.3, -0.25) is 4.79 Å². The number of carbonyl (C=O) groups excluding carboxylic acids is 1. The number of benzene rings is 2. The zero-order chi connectivity index (χ0) is 18.2. The molecule has 4 heteroatoms. The minimum atomic E-state index is 0.238. The molecule has 1 fully saturated rings. The van der Waals surface area contributed by atoms with Gasteiger partial charge >= 0.3 is 0 Å². The van der Waals surface area contributed by atoms with Crippen LogP contribution in [-0.4, -0.2) is 33.4 Å². The third-order valence-corrected chi connectivity index (χ3v) is 5.84. The van der Waals surface area contributed by atoms with Crippen molar-refractivity contribution in [2.24, 2.45) is 0 Å². The summed E-state index contributed by atoms with van der Waals surface area (Å²) in [5.74, 6) is 0.238. The van der Waals surface area contributed by atoms with E-state index in [0.717, 1.165) is 42.3 Å². The first kappa shape index (κ1) is 16.2. The van der Waals surface area contributed by atoms with Crippen LogP contribution in [-0.2, 0) is 17.6 Å². The Kier molecular flexibility index (Phi) is 3.97. The largest absolute Gasteiger partial charge is 0.361 e. The summed E-state index contributed by atoms with van der Waals surface area (Å²) in [5, 5.41) is 2.42. The molecule has 1 amide bonds. The van der Waals surface area contributed by atoms with Crippen molar-refractivity contribution < 1.29 is 4.79 Å². The maximum absolute atomic E-state index is 13.1. The van der Waals surface area contributed by atoms with Crippen LogP contribution in [0.4, 0.5) is 0 Å². The lowest BCUT2D eigenvalue weighted by molar-refractivity contribution is -0.131. The molecule has 2 N–H and O–H groups in total. The second-order valence-electron chi connectivity index (χ2n) is 7.48. The second kappa shape index (κ2) is 6.62. The number of para-hydroxylation sites is 2. The molecule has 5 rings (SSSR count). The SMILES string of the molecule is O=C(Cc1c[nH]c2ccccc12)N1CCCC1Cc1c[nH]c2ccccc12. The molecule has 1 saturated heterocycles. The zero-order valence-electron chi connectivity index (χ0n) is 15.2. The monoisotopic (exact) mass is 357 g/mol. The van der Waals surface area contributed by atoms with Crippen LogP contribution in [0, 0.1) is 0 Å². The number of carbonyl (C=O) groups is 1. The summed E-state index contributed by atoms with van der Waals surface area (Å²) in [7, 11) is 0. The molecular formula is C23H23N3O. The molecule has 0 aliphatic carbocycles. The Morgan fingerprint density at radius 1 is 0.926 bits per heavy atom. The molecule has 136 valence electrons. The van der Waals surface area contributed by atoms with E-state index < -0.39 is 0 Å². The Hall–Kier alpha value is -3.01. The van der Waals surface area contributed by atoms with E-state index in [4.69, 9.17) is 0 Å². The quantitative estimate of drug-likeness (QED) is 0.558. The van der Waals surface area contributed by atoms with Crippen LogP contribution in [0.1, 0.15) is 24.0 Å². The lowest BCUT2D eigenvalue weighted by Gasteiger charge is -2.24. The van der Waals surface area contributed by atoms with Crippen LogP contribution < -0.4 is 0 Å². The van der Waals surface area contributed by atoms with E-state index >= 15 is 0 Å². The average molecular weight is 357 g/mol. The van der Waals surface area contributed by atoms with Gasteiger partial charge < -0.3 is 14.9 Å². The number of hydrogen-bond donors (Lipinski definition) is 2. The van der Waals surface area contributed by atoms with Gasteiger partial charge in [0.05, 0.1) is 6.42 Å². The van der Waals surface area contributed by atoms with E-state index in [0.29, 0.717) is 12.5 Å². The minimum Gasteiger partial charge on any atom is -0.361 e. The third-order valence-electron chi connectivity index (χ3n) is 5.84. The van der Waals surface area contributed by atoms with Crippen LogP contribution in [0.5, 0.6) is 0 Å². The van der Waals surface area contributed by atoms with Crippen molar-refractivity contribution in [2.45, 2.75) is 31.7 Å². The van der Waals surface area contributed by atoms with Gasteiger partial charge in [-0.05, 0) is 42.5 Å². The first-order valence-electron chi connectivity index (χ1n) is 9.69. The van der Waals surface area contributed by atoms with Crippen molar-refractivity contribution in [2.75, 3.05) is 6.54 Å². The Morgan fingerprint density at radius 3 is 2.30 bits per heavy atom. The van der Waals surface area contributed by atoms with Crippen molar-refractivity contribution in [1.82, 2.24) is 14.9 Å². The predicted molar refractivity (Wildman–Crippen MR) is 109 cm³/mol. The number of aromatic nitrogens is 2. The van der Waals surface area contributed by atoms with E-state index in [1.54, 1.807) is 0 Å². The van der Waals surface area contributed by atoms with E-state index in [1.807, 2.05) is 18.3 Å². The molecule has 1 unspecified atom stereocenters. The molecule has 4 nitrogen and oxygen atoms in total. The van der Waals surface area contributed by atoms with Crippen LogP contribution in [0.15, 0.2) is 60.9 Å². The van der Waals surface area contributed by atoms with E-state index in [-0.39, 0.29) is 5.91 Å². The van der Waals surface area contributed by atoms with Crippen molar-refractivity contribution in [3.05, 3.63) is 72.1 Å². The highest BCUT2D eigenvalue weighted by Gasteiger charge is 2.29. The minimum absolute atomic E-state index is 0.238. The van der Waals surface area contributed by atoms with Gasteiger partial charge in [0.1, 0.15) is 0 Å². The number of likely N-dealkylation sites (tertiary alicyclic amines) is 1. The molecule has 0 spiro atoms. The van der Waals surface area contributed by atoms with E-state index in [1.165, 1.54) is 16.5 Å². The summed E-state index contributed by atoms with van der Waals surface area (Å²) < 4.78 is 0. The van der Waals surface area contributed by atoms with Gasteiger partial charge in [0.25, 0.3) is 0 Å². The second-order valence-corrected chi connectivity index (χ2v) is 7.48. The first-order valence-corrected chi connectivity index (χ1v) is 9.69. The number of amides is 1. The predicted octanol–water partition coefficient (Wildman–Crippen LogP) is 4.43. The number of nitrogens with one attached hydrogen (secondary N) is 2. The number of rotatable bonds is 4. The van der Waals surface area contributed by atoms with Crippen molar-refractivity contribution >= 4 is 27.7 Å². The molecule has 3 heterocycles. The fourth-order valence-corrected chi connectivity index (χ4v) is 4.47. The van der Waals surface area contributed by atoms with Gasteiger partial charge in [0.15, 0.2) is 0 Å². The maximum Gasteiger partial charge on any atom is 0.227 e. The molecule has 1 aliphatic heterocycles. The van der Waals surface area contributed by atoms with Gasteiger partial charge in [-0.1, -0.05) is 36.4 Å². The van der Waals surface area contributed by atoms with E-state index in [9.17, 15) is 4.79 Å². The van der Waals surface area contributed by atoms with Gasteiger partial charge in [-0.15, -0.1) is 0 Å². The van der Waals surface area contributed by atoms with Crippen LogP contribution in [0.25, 0.3) is 21.8 Å². The number of nitrogens with zero attached hydrogens (tertiary/aromatic N) is 1. The fraction of sp³-hybridized carbons (Fsp3) is 0.261. The standard InChI is InChI=1S/C23H23N3O/c27-23(13-17-15-25-22-10-4-2-8-20(17)22)26-11-5-6-18(26)12-16-14-24-21-9-3-1-7-19(16)21/h1-4,7-10,14-15,18,24-25H,5-6,11-13H2. The maximum atomic E-state index is 13.1. The van der Waals surface area contributed by atoms with Gasteiger partial charge in [-0.2, -0.15) is 0 Å². The molecule has 2 aromatic heterocycles. The Labute approximate surface area is 158 Å². The number of fused-ring (bicyclic) bond motifs is 2. The molecule has 1 atom stereocenters. The van der Waals surface area contributed by atoms with Crippen molar-refractivity contribution in [3.8, 4) is 0 Å². The summed E-state index contributed by atoms with van der Waals surface area (Å²) in [5.41, 5.74) is 4.66. The Bertz CT molecular complexity index is 1110. The number of H-pyrrole nitrogens is 2. The number of hydrogen-bond acceptors (Lipinski definition) is 1. The molecule has 4 aromatic rings. The first-order chi connectivity index (χ1) is 13.3. The van der Waals surface area contributed by atoms with E-state index in [2.05, 4.69) is 57.5 Å². The highest BCUT2D eigenvalue weighted by atomic mass is 16.2.